The van der Waals surface area contributed by atoms with Crippen LogP contribution in [0.4, 0.5) is 0 Å². The average molecular weight is 306 g/mol. The number of ether oxygens (including phenoxy) is 2. The first-order valence-corrected chi connectivity index (χ1v) is 6.94. The second-order valence-corrected chi connectivity index (χ2v) is 5.96. The minimum absolute atomic E-state index is 0.0628. The minimum atomic E-state index is -4.05. The monoisotopic (exact) mass is 304 g/mol. The number of methoxy groups -OCH3 is 2. The molecule has 8 heteroatoms. The van der Waals surface area contributed by atoms with Crippen molar-refractivity contribution in [2.24, 2.45) is 0 Å². The third kappa shape index (κ3) is 2.48. The third-order valence-corrected chi connectivity index (χ3v) is 4.02. The smallest absolute Gasteiger partial charge is 0.264 e. The maximum absolute atomic E-state index is 11.2. The summed E-state index contributed by atoms with van der Waals surface area (Å²) in [7, 11) is 3.85. The van der Waals surface area contributed by atoms with Crippen LogP contribution in [0.1, 0.15) is 0 Å². The molecule has 0 N–H and O–H groups in total. The van der Waals surface area contributed by atoms with Gasteiger partial charge in [-0.05, 0) is 0 Å². The third-order valence-electron chi connectivity index (χ3n) is 1.77. The van der Waals surface area contributed by atoms with Gasteiger partial charge in [-0.2, -0.15) is 0 Å². The molecule has 0 heterocycles. The van der Waals surface area contributed by atoms with Crippen molar-refractivity contribution in [1.82, 2.24) is 0 Å². The summed E-state index contributed by atoms with van der Waals surface area (Å²) in [6.07, 6.45) is 0. The largest absolute Gasteiger partial charge is 0.493 e. The van der Waals surface area contributed by atoms with Crippen molar-refractivity contribution in [1.29, 1.82) is 0 Å². The predicted molar refractivity (Wildman–Crippen MR) is 62.6 cm³/mol. The predicted octanol–water partition coefficient (Wildman–Crippen LogP) is 2.94. The zero-order valence-corrected chi connectivity index (χ0v) is 11.3. The highest BCUT2D eigenvalue weighted by Gasteiger charge is 2.25. The van der Waals surface area contributed by atoms with Crippen molar-refractivity contribution in [3.05, 3.63) is 16.1 Å². The zero-order chi connectivity index (χ0) is 12.5. The molecule has 0 unspecified atom stereocenters. The van der Waals surface area contributed by atoms with Gasteiger partial charge in [0.15, 0.2) is 11.5 Å². The van der Waals surface area contributed by atoms with Gasteiger partial charge in [-0.1, -0.05) is 23.2 Å². The molecule has 0 spiro atoms. The van der Waals surface area contributed by atoms with E-state index >= 15 is 0 Å². The highest BCUT2D eigenvalue weighted by molar-refractivity contribution is 8.14. The molecule has 0 aliphatic heterocycles. The lowest BCUT2D eigenvalue weighted by atomic mass is 10.3. The number of benzene rings is 1. The fourth-order valence-electron chi connectivity index (χ4n) is 1.13. The van der Waals surface area contributed by atoms with Crippen LogP contribution in [-0.4, -0.2) is 22.6 Å². The van der Waals surface area contributed by atoms with Gasteiger partial charge < -0.3 is 9.47 Å². The Morgan fingerprint density at radius 2 is 1.75 bits per heavy atom. The number of hydrogen-bond acceptors (Lipinski definition) is 4. The maximum Gasteiger partial charge on any atom is 0.264 e. The Kier molecular flexibility index (Phi) is 4.17. The summed E-state index contributed by atoms with van der Waals surface area (Å²) >= 11 is 11.6. The molecule has 0 aliphatic rings. The molecule has 0 bridgehead atoms. The van der Waals surface area contributed by atoms with Crippen molar-refractivity contribution >= 4 is 42.9 Å². The maximum atomic E-state index is 11.2. The highest BCUT2D eigenvalue weighted by atomic mass is 35.7. The number of halogens is 3. The van der Waals surface area contributed by atoms with Gasteiger partial charge in [-0.25, -0.2) is 8.42 Å². The summed E-state index contributed by atoms with van der Waals surface area (Å²) < 4.78 is 32.3. The summed E-state index contributed by atoms with van der Waals surface area (Å²) in [6, 6.07) is 1.27. The van der Waals surface area contributed by atoms with Gasteiger partial charge in [-0.3, -0.25) is 0 Å². The van der Waals surface area contributed by atoms with Gasteiger partial charge in [0.2, 0.25) is 0 Å². The van der Waals surface area contributed by atoms with E-state index in [0.29, 0.717) is 0 Å². The molecule has 0 saturated carbocycles. The molecule has 0 saturated heterocycles. The van der Waals surface area contributed by atoms with E-state index < -0.39 is 13.9 Å². The SMILES string of the molecule is COc1cc(Cl)c(S(=O)(=O)Cl)c(Cl)c1OC. The van der Waals surface area contributed by atoms with Crippen molar-refractivity contribution in [3.63, 3.8) is 0 Å². The van der Waals surface area contributed by atoms with Crippen molar-refractivity contribution in [2.75, 3.05) is 14.2 Å². The molecule has 1 aromatic rings. The van der Waals surface area contributed by atoms with Gasteiger partial charge >= 0.3 is 0 Å². The standard InChI is InChI=1S/C8H7Cl3O4S/c1-14-5-3-4(9)8(16(11,12)13)6(10)7(5)15-2/h3H,1-2H3. The normalized spacial score (nSPS) is 11.3. The molecule has 4 nitrogen and oxygen atoms in total. The van der Waals surface area contributed by atoms with E-state index in [1.165, 1.54) is 20.3 Å². The minimum Gasteiger partial charge on any atom is -0.493 e. The fraction of sp³-hybridized carbons (Fsp3) is 0.250. The number of rotatable bonds is 3. The van der Waals surface area contributed by atoms with Crippen LogP contribution < -0.4 is 9.47 Å². The Morgan fingerprint density at radius 1 is 1.19 bits per heavy atom. The van der Waals surface area contributed by atoms with Crippen LogP contribution in [-0.2, 0) is 9.05 Å². The lowest BCUT2D eigenvalue weighted by Crippen LogP contribution is -1.99. The van der Waals surface area contributed by atoms with E-state index in [0.717, 1.165) is 0 Å². The van der Waals surface area contributed by atoms with Crippen LogP contribution in [0.2, 0.25) is 10.0 Å². The molecule has 0 aromatic heterocycles. The van der Waals surface area contributed by atoms with Crippen molar-refractivity contribution in [2.45, 2.75) is 4.90 Å². The van der Waals surface area contributed by atoms with Gasteiger partial charge in [-0.15, -0.1) is 0 Å². The molecular formula is C8H7Cl3O4S. The van der Waals surface area contributed by atoms with Gasteiger partial charge in [0.1, 0.15) is 9.92 Å². The average Bonchev–Trinajstić information content (AvgIpc) is 2.14. The van der Waals surface area contributed by atoms with E-state index in [1.807, 2.05) is 0 Å². The first kappa shape index (κ1) is 13.7. The summed E-state index contributed by atoms with van der Waals surface area (Å²) in [6.45, 7) is 0. The second kappa shape index (κ2) is 4.87. The molecule has 1 aromatic carbocycles. The quantitative estimate of drug-likeness (QED) is 0.806. The Labute approximate surface area is 107 Å². The Morgan fingerprint density at radius 3 is 2.12 bits per heavy atom. The molecule has 0 amide bonds. The van der Waals surface area contributed by atoms with E-state index in [4.69, 9.17) is 43.4 Å². The van der Waals surface area contributed by atoms with Crippen LogP contribution in [0.3, 0.4) is 0 Å². The first-order chi connectivity index (χ1) is 7.32. The van der Waals surface area contributed by atoms with Gasteiger partial charge in [0.25, 0.3) is 9.05 Å². The molecule has 0 aliphatic carbocycles. The molecule has 0 radical (unpaired) electrons. The van der Waals surface area contributed by atoms with Crippen LogP contribution in [0.25, 0.3) is 0 Å². The van der Waals surface area contributed by atoms with E-state index in [9.17, 15) is 8.42 Å². The van der Waals surface area contributed by atoms with Gasteiger partial charge in [0.05, 0.1) is 19.2 Å². The molecule has 0 fully saturated rings. The van der Waals surface area contributed by atoms with Crippen LogP contribution in [0, 0.1) is 0 Å². The van der Waals surface area contributed by atoms with E-state index in [2.05, 4.69) is 0 Å². The van der Waals surface area contributed by atoms with E-state index in [-0.39, 0.29) is 21.5 Å². The van der Waals surface area contributed by atoms with Crippen molar-refractivity contribution < 1.29 is 17.9 Å². The molecular weight excluding hydrogens is 299 g/mol. The van der Waals surface area contributed by atoms with Gasteiger partial charge in [0, 0.05) is 16.7 Å². The fourth-order valence-corrected chi connectivity index (χ4v) is 3.57. The summed E-state index contributed by atoms with van der Waals surface area (Å²) in [5.74, 6) is 0.286. The Bertz CT molecular complexity index is 513. The Balaban J connectivity index is 3.67. The summed E-state index contributed by atoms with van der Waals surface area (Å²) in [5.41, 5.74) is 0. The molecule has 90 valence electrons. The molecule has 1 rings (SSSR count). The lowest BCUT2D eigenvalue weighted by Gasteiger charge is -2.12. The van der Waals surface area contributed by atoms with Crippen LogP contribution in [0.5, 0.6) is 11.5 Å². The van der Waals surface area contributed by atoms with E-state index in [1.54, 1.807) is 0 Å². The molecule has 16 heavy (non-hydrogen) atoms. The summed E-state index contributed by atoms with van der Waals surface area (Å²) in [5, 5.41) is -0.334. The Hall–Kier alpha value is -0.360. The highest BCUT2D eigenvalue weighted by Crippen LogP contribution is 2.44. The first-order valence-electron chi connectivity index (χ1n) is 3.87. The zero-order valence-electron chi connectivity index (χ0n) is 8.25. The topological polar surface area (TPSA) is 52.6 Å². The second-order valence-electron chi connectivity index (χ2n) is 2.67. The summed E-state index contributed by atoms with van der Waals surface area (Å²) in [4.78, 5) is -0.393. The molecule has 0 atom stereocenters. The van der Waals surface area contributed by atoms with Crippen LogP contribution >= 0.6 is 33.9 Å². The lowest BCUT2D eigenvalue weighted by molar-refractivity contribution is 0.354. The van der Waals surface area contributed by atoms with Crippen LogP contribution in [0.15, 0.2) is 11.0 Å². The number of hydrogen-bond donors (Lipinski definition) is 0. The van der Waals surface area contributed by atoms with Crippen molar-refractivity contribution in [3.8, 4) is 11.5 Å².